The second kappa shape index (κ2) is 7.43. The number of nitrogens with one attached hydrogen (secondary N) is 1. The zero-order valence-electron chi connectivity index (χ0n) is 12.5. The van der Waals surface area contributed by atoms with Crippen LogP contribution in [0, 0.1) is 0 Å². The zero-order chi connectivity index (χ0) is 16.1. The van der Waals surface area contributed by atoms with Crippen molar-refractivity contribution in [1.29, 1.82) is 0 Å². The highest BCUT2D eigenvalue weighted by molar-refractivity contribution is 8.00. The van der Waals surface area contributed by atoms with Crippen molar-refractivity contribution >= 4 is 40.4 Å². The minimum absolute atomic E-state index is 0.00526. The molecule has 1 aromatic heterocycles. The van der Waals surface area contributed by atoms with Crippen molar-refractivity contribution in [2.45, 2.75) is 11.4 Å². The van der Waals surface area contributed by atoms with Crippen molar-refractivity contribution in [3.8, 4) is 5.75 Å². The summed E-state index contributed by atoms with van der Waals surface area (Å²) in [6, 6.07) is 13.5. The minimum atomic E-state index is -0.00526. The Bertz CT molecular complexity index is 820. The molecule has 1 heterocycles. The molecule has 3 aromatic rings. The standard InChI is InChI=1S/C16H15N3O2S2/c1-21-12-3-2-4-13(8-12)22-10-16(20)17-9-11-5-6-14-15(7-11)19-23-18-14/h2-8H,9-10H2,1H3,(H,17,20). The molecule has 0 radical (unpaired) electrons. The van der Waals surface area contributed by atoms with Gasteiger partial charge in [-0.3, -0.25) is 4.79 Å². The number of aromatic nitrogens is 2. The second-order valence-electron chi connectivity index (χ2n) is 4.83. The van der Waals surface area contributed by atoms with Crippen LogP contribution in [0.5, 0.6) is 5.75 Å². The number of ether oxygens (including phenoxy) is 1. The van der Waals surface area contributed by atoms with Gasteiger partial charge in [-0.2, -0.15) is 8.75 Å². The van der Waals surface area contributed by atoms with Gasteiger partial charge in [-0.15, -0.1) is 11.8 Å². The van der Waals surface area contributed by atoms with Gasteiger partial charge in [-0.05, 0) is 35.9 Å². The van der Waals surface area contributed by atoms with Crippen LogP contribution in [0.4, 0.5) is 0 Å². The molecular weight excluding hydrogens is 330 g/mol. The molecule has 118 valence electrons. The number of nitrogens with zero attached hydrogens (tertiary/aromatic N) is 2. The molecule has 5 nitrogen and oxygen atoms in total. The third-order valence-electron chi connectivity index (χ3n) is 3.22. The van der Waals surface area contributed by atoms with Gasteiger partial charge in [-0.1, -0.05) is 12.1 Å². The van der Waals surface area contributed by atoms with Crippen LogP contribution in [0.25, 0.3) is 11.0 Å². The molecule has 0 aliphatic heterocycles. The first-order valence-electron chi connectivity index (χ1n) is 6.99. The van der Waals surface area contributed by atoms with E-state index in [4.69, 9.17) is 4.74 Å². The number of carbonyl (C=O) groups excluding carboxylic acids is 1. The first kappa shape index (κ1) is 15.8. The molecule has 3 rings (SSSR count). The van der Waals surface area contributed by atoms with Crippen LogP contribution in [-0.2, 0) is 11.3 Å². The minimum Gasteiger partial charge on any atom is -0.497 e. The number of thioether (sulfide) groups is 1. The van der Waals surface area contributed by atoms with Crippen LogP contribution in [0.2, 0.25) is 0 Å². The van der Waals surface area contributed by atoms with Crippen LogP contribution < -0.4 is 10.1 Å². The molecule has 0 spiro atoms. The highest BCUT2D eigenvalue weighted by atomic mass is 32.2. The first-order chi connectivity index (χ1) is 11.2. The molecule has 0 bridgehead atoms. The Morgan fingerprint density at radius 1 is 1.22 bits per heavy atom. The molecule has 23 heavy (non-hydrogen) atoms. The molecule has 0 saturated heterocycles. The van der Waals surface area contributed by atoms with E-state index in [1.165, 1.54) is 23.5 Å². The fourth-order valence-corrected chi connectivity index (χ4v) is 3.32. The third kappa shape index (κ3) is 4.20. The highest BCUT2D eigenvalue weighted by Gasteiger charge is 2.05. The number of rotatable bonds is 6. The van der Waals surface area contributed by atoms with E-state index in [0.29, 0.717) is 12.3 Å². The lowest BCUT2D eigenvalue weighted by atomic mass is 10.2. The normalized spacial score (nSPS) is 10.7. The van der Waals surface area contributed by atoms with Gasteiger partial charge in [0.15, 0.2) is 0 Å². The summed E-state index contributed by atoms with van der Waals surface area (Å²) in [5.74, 6) is 1.16. The number of amides is 1. The number of benzene rings is 2. The fourth-order valence-electron chi connectivity index (χ4n) is 2.03. The van der Waals surface area contributed by atoms with Crippen molar-refractivity contribution in [1.82, 2.24) is 14.1 Å². The average Bonchev–Trinajstić information content (AvgIpc) is 3.06. The number of fused-ring (bicyclic) bond motifs is 1. The van der Waals surface area contributed by atoms with Crippen LogP contribution in [0.1, 0.15) is 5.56 Å². The molecule has 1 amide bonds. The Morgan fingerprint density at radius 2 is 2.09 bits per heavy atom. The molecule has 0 saturated carbocycles. The van der Waals surface area contributed by atoms with E-state index in [0.717, 1.165) is 27.2 Å². The van der Waals surface area contributed by atoms with E-state index in [-0.39, 0.29) is 5.91 Å². The molecule has 2 aromatic carbocycles. The van der Waals surface area contributed by atoms with Crippen molar-refractivity contribution < 1.29 is 9.53 Å². The van der Waals surface area contributed by atoms with Gasteiger partial charge < -0.3 is 10.1 Å². The maximum atomic E-state index is 12.0. The van der Waals surface area contributed by atoms with E-state index in [2.05, 4.69) is 14.1 Å². The first-order valence-corrected chi connectivity index (χ1v) is 8.71. The second-order valence-corrected chi connectivity index (χ2v) is 6.41. The Morgan fingerprint density at radius 3 is 2.96 bits per heavy atom. The van der Waals surface area contributed by atoms with Gasteiger partial charge in [0, 0.05) is 11.4 Å². The summed E-state index contributed by atoms with van der Waals surface area (Å²) in [6.07, 6.45) is 0. The summed E-state index contributed by atoms with van der Waals surface area (Å²) in [7, 11) is 1.63. The molecule has 0 aliphatic carbocycles. The van der Waals surface area contributed by atoms with Gasteiger partial charge in [0.2, 0.25) is 5.91 Å². The highest BCUT2D eigenvalue weighted by Crippen LogP contribution is 2.22. The van der Waals surface area contributed by atoms with Crippen LogP contribution >= 0.6 is 23.5 Å². The summed E-state index contributed by atoms with van der Waals surface area (Å²) in [5, 5.41) is 2.92. The number of hydrogen-bond acceptors (Lipinski definition) is 6. The van der Waals surface area contributed by atoms with Crippen molar-refractivity contribution in [3.63, 3.8) is 0 Å². The van der Waals surface area contributed by atoms with Gasteiger partial charge in [0.25, 0.3) is 0 Å². The van der Waals surface area contributed by atoms with E-state index in [9.17, 15) is 4.79 Å². The number of methoxy groups -OCH3 is 1. The predicted molar refractivity (Wildman–Crippen MR) is 93.0 cm³/mol. The van der Waals surface area contributed by atoms with Crippen molar-refractivity contribution in [2.24, 2.45) is 0 Å². The largest absolute Gasteiger partial charge is 0.497 e. The quantitative estimate of drug-likeness (QED) is 0.696. The lowest BCUT2D eigenvalue weighted by Gasteiger charge is -2.06. The molecule has 0 aliphatic rings. The van der Waals surface area contributed by atoms with E-state index < -0.39 is 0 Å². The summed E-state index contributed by atoms with van der Waals surface area (Å²) >= 11 is 2.68. The Kier molecular flexibility index (Phi) is 5.09. The number of hydrogen-bond donors (Lipinski definition) is 1. The molecule has 1 N–H and O–H groups in total. The predicted octanol–water partition coefficient (Wildman–Crippen LogP) is 3.11. The van der Waals surface area contributed by atoms with Crippen LogP contribution in [-0.4, -0.2) is 27.5 Å². The smallest absolute Gasteiger partial charge is 0.230 e. The van der Waals surface area contributed by atoms with Crippen molar-refractivity contribution in [2.75, 3.05) is 12.9 Å². The Hall–Kier alpha value is -2.12. The average molecular weight is 345 g/mol. The van der Waals surface area contributed by atoms with Gasteiger partial charge >= 0.3 is 0 Å². The summed E-state index contributed by atoms with van der Waals surface area (Å²) in [5.41, 5.74) is 2.77. The monoisotopic (exact) mass is 345 g/mol. The Balaban J connectivity index is 1.50. The molecular formula is C16H15N3O2S2. The van der Waals surface area contributed by atoms with E-state index in [1.54, 1.807) is 7.11 Å². The van der Waals surface area contributed by atoms with Crippen LogP contribution in [0.15, 0.2) is 47.4 Å². The fraction of sp³-hybridized carbons (Fsp3) is 0.188. The third-order valence-corrected chi connectivity index (χ3v) is 4.77. The Labute approximate surface area is 142 Å². The molecule has 7 heteroatoms. The van der Waals surface area contributed by atoms with Gasteiger partial charge in [-0.25, -0.2) is 0 Å². The summed E-state index contributed by atoms with van der Waals surface area (Å²) < 4.78 is 13.5. The molecule has 0 atom stereocenters. The lowest BCUT2D eigenvalue weighted by molar-refractivity contribution is -0.118. The van der Waals surface area contributed by atoms with E-state index >= 15 is 0 Å². The van der Waals surface area contributed by atoms with E-state index in [1.807, 2.05) is 42.5 Å². The molecule has 0 unspecified atom stereocenters. The maximum Gasteiger partial charge on any atom is 0.230 e. The van der Waals surface area contributed by atoms with Gasteiger partial charge in [0.05, 0.1) is 24.6 Å². The zero-order valence-corrected chi connectivity index (χ0v) is 14.1. The van der Waals surface area contributed by atoms with Gasteiger partial charge in [0.1, 0.15) is 16.8 Å². The van der Waals surface area contributed by atoms with Crippen molar-refractivity contribution in [3.05, 3.63) is 48.0 Å². The maximum absolute atomic E-state index is 12.0. The topological polar surface area (TPSA) is 64.1 Å². The SMILES string of the molecule is COc1cccc(SCC(=O)NCc2ccc3nsnc3c2)c1. The molecule has 0 fully saturated rings. The lowest BCUT2D eigenvalue weighted by Crippen LogP contribution is -2.24. The summed E-state index contributed by atoms with van der Waals surface area (Å²) in [4.78, 5) is 13.0. The summed E-state index contributed by atoms with van der Waals surface area (Å²) in [6.45, 7) is 0.491. The van der Waals surface area contributed by atoms with Crippen LogP contribution in [0.3, 0.4) is 0 Å². The number of carbonyl (C=O) groups is 1.